The summed E-state index contributed by atoms with van der Waals surface area (Å²) in [4.78, 5) is 10.9. The Balaban J connectivity index is 2.17. The Morgan fingerprint density at radius 3 is 2.41 bits per heavy atom. The molecule has 0 radical (unpaired) electrons. The molecule has 0 spiro atoms. The summed E-state index contributed by atoms with van der Waals surface area (Å²) in [6, 6.07) is 0. The van der Waals surface area contributed by atoms with Crippen molar-refractivity contribution < 1.29 is 4.79 Å². The van der Waals surface area contributed by atoms with Crippen molar-refractivity contribution in [3.63, 3.8) is 0 Å². The molecule has 1 aliphatic carbocycles. The van der Waals surface area contributed by atoms with Crippen LogP contribution in [0.5, 0.6) is 0 Å². The van der Waals surface area contributed by atoms with Gasteiger partial charge in [0.1, 0.15) is 6.29 Å². The standard InChI is InChI=1S/C16H26O/c1-13(2)6-4-7-14(3)8-5-9-16(12-17)15-10-11-15/h6,8,12,15-16H,4-5,7,9-11H2,1-3H3/b14-8+. The molecule has 0 bridgehead atoms. The topological polar surface area (TPSA) is 17.1 Å². The molecule has 96 valence electrons. The predicted molar refractivity (Wildman–Crippen MR) is 73.9 cm³/mol. The van der Waals surface area contributed by atoms with Crippen LogP contribution >= 0.6 is 0 Å². The zero-order valence-corrected chi connectivity index (χ0v) is 11.5. The summed E-state index contributed by atoms with van der Waals surface area (Å²) >= 11 is 0. The van der Waals surface area contributed by atoms with Crippen LogP contribution in [0, 0.1) is 11.8 Å². The Morgan fingerprint density at radius 2 is 1.88 bits per heavy atom. The maximum absolute atomic E-state index is 10.9. The second-order valence-electron chi connectivity index (χ2n) is 5.59. The second-order valence-corrected chi connectivity index (χ2v) is 5.59. The second kappa shape index (κ2) is 7.47. The van der Waals surface area contributed by atoms with E-state index in [1.807, 2.05) is 0 Å². The van der Waals surface area contributed by atoms with Crippen molar-refractivity contribution in [2.45, 2.75) is 59.3 Å². The first-order valence-electron chi connectivity index (χ1n) is 6.87. The first-order chi connectivity index (χ1) is 8.13. The highest BCUT2D eigenvalue weighted by Gasteiger charge is 2.29. The van der Waals surface area contributed by atoms with Gasteiger partial charge in [0, 0.05) is 5.92 Å². The fourth-order valence-electron chi connectivity index (χ4n) is 2.15. The Labute approximate surface area is 106 Å². The molecule has 0 heterocycles. The monoisotopic (exact) mass is 234 g/mol. The van der Waals surface area contributed by atoms with Crippen LogP contribution in [0.15, 0.2) is 23.3 Å². The van der Waals surface area contributed by atoms with Gasteiger partial charge in [-0.3, -0.25) is 0 Å². The maximum atomic E-state index is 10.9. The lowest BCUT2D eigenvalue weighted by Gasteiger charge is -2.06. The third-order valence-corrected chi connectivity index (χ3v) is 3.49. The molecule has 0 aromatic carbocycles. The first-order valence-corrected chi connectivity index (χ1v) is 6.87. The predicted octanol–water partition coefficient (Wildman–Crippen LogP) is 4.68. The Hall–Kier alpha value is -0.850. The third-order valence-electron chi connectivity index (χ3n) is 3.49. The average molecular weight is 234 g/mol. The molecule has 1 atom stereocenters. The number of allylic oxidation sites excluding steroid dienone is 4. The van der Waals surface area contributed by atoms with Gasteiger partial charge in [0.2, 0.25) is 0 Å². The molecule has 1 saturated carbocycles. The van der Waals surface area contributed by atoms with Gasteiger partial charge in [-0.25, -0.2) is 0 Å². The van der Waals surface area contributed by atoms with Crippen LogP contribution in [-0.2, 0) is 4.79 Å². The lowest BCUT2D eigenvalue weighted by atomic mass is 9.98. The third kappa shape index (κ3) is 6.45. The number of carbonyl (C=O) groups excluding carboxylic acids is 1. The summed E-state index contributed by atoms with van der Waals surface area (Å²) in [5, 5.41) is 0. The molecule has 1 aliphatic rings. The van der Waals surface area contributed by atoms with E-state index in [2.05, 4.69) is 32.9 Å². The molecular formula is C16H26O. The molecule has 1 fully saturated rings. The van der Waals surface area contributed by atoms with Crippen LogP contribution in [0.1, 0.15) is 59.3 Å². The van der Waals surface area contributed by atoms with Crippen LogP contribution in [-0.4, -0.2) is 6.29 Å². The zero-order chi connectivity index (χ0) is 12.7. The van der Waals surface area contributed by atoms with E-state index < -0.39 is 0 Å². The molecule has 1 rings (SSSR count). The van der Waals surface area contributed by atoms with E-state index in [9.17, 15) is 4.79 Å². The van der Waals surface area contributed by atoms with Gasteiger partial charge in [-0.05, 0) is 65.2 Å². The minimum absolute atomic E-state index is 0.330. The van der Waals surface area contributed by atoms with Crippen LogP contribution in [0.25, 0.3) is 0 Å². The normalized spacial score (nSPS) is 17.7. The lowest BCUT2D eigenvalue weighted by Crippen LogP contribution is -2.03. The van der Waals surface area contributed by atoms with E-state index in [0.29, 0.717) is 11.8 Å². The van der Waals surface area contributed by atoms with Gasteiger partial charge in [0.25, 0.3) is 0 Å². The lowest BCUT2D eigenvalue weighted by molar-refractivity contribution is -0.111. The van der Waals surface area contributed by atoms with Crippen molar-refractivity contribution in [2.24, 2.45) is 11.8 Å². The van der Waals surface area contributed by atoms with Gasteiger partial charge in [-0.15, -0.1) is 0 Å². The summed E-state index contributed by atoms with van der Waals surface area (Å²) in [7, 11) is 0. The first kappa shape index (κ1) is 14.2. The van der Waals surface area contributed by atoms with Crippen molar-refractivity contribution in [2.75, 3.05) is 0 Å². The van der Waals surface area contributed by atoms with Gasteiger partial charge in [-0.1, -0.05) is 23.3 Å². The van der Waals surface area contributed by atoms with Crippen LogP contribution in [0.2, 0.25) is 0 Å². The maximum Gasteiger partial charge on any atom is 0.123 e. The molecule has 1 nitrogen and oxygen atoms in total. The van der Waals surface area contributed by atoms with E-state index >= 15 is 0 Å². The molecule has 0 saturated heterocycles. The van der Waals surface area contributed by atoms with Gasteiger partial charge in [0.05, 0.1) is 0 Å². The van der Waals surface area contributed by atoms with Gasteiger partial charge in [-0.2, -0.15) is 0 Å². The molecule has 0 N–H and O–H groups in total. The minimum atomic E-state index is 0.330. The molecule has 1 unspecified atom stereocenters. The Bertz CT molecular complexity index is 291. The summed E-state index contributed by atoms with van der Waals surface area (Å²) in [5.74, 6) is 1.05. The van der Waals surface area contributed by atoms with Crippen molar-refractivity contribution in [3.05, 3.63) is 23.3 Å². The highest BCUT2D eigenvalue weighted by atomic mass is 16.1. The number of hydrogen-bond acceptors (Lipinski definition) is 1. The van der Waals surface area contributed by atoms with E-state index in [1.165, 1.54) is 30.3 Å². The summed E-state index contributed by atoms with van der Waals surface area (Å²) in [6.07, 6.45) is 12.7. The van der Waals surface area contributed by atoms with Crippen molar-refractivity contribution in [1.29, 1.82) is 0 Å². The molecule has 0 amide bonds. The van der Waals surface area contributed by atoms with Crippen molar-refractivity contribution >= 4 is 6.29 Å². The number of aldehydes is 1. The molecular weight excluding hydrogens is 208 g/mol. The van der Waals surface area contributed by atoms with Gasteiger partial charge in [0.15, 0.2) is 0 Å². The summed E-state index contributed by atoms with van der Waals surface area (Å²) < 4.78 is 0. The Kier molecular flexibility index (Phi) is 6.25. The number of carbonyl (C=O) groups is 1. The van der Waals surface area contributed by atoms with Crippen molar-refractivity contribution in [3.8, 4) is 0 Å². The van der Waals surface area contributed by atoms with E-state index in [1.54, 1.807) is 0 Å². The van der Waals surface area contributed by atoms with E-state index in [-0.39, 0.29) is 0 Å². The van der Waals surface area contributed by atoms with Gasteiger partial charge >= 0.3 is 0 Å². The summed E-state index contributed by atoms with van der Waals surface area (Å²) in [5.41, 5.74) is 2.86. The fourth-order valence-corrected chi connectivity index (χ4v) is 2.15. The highest BCUT2D eigenvalue weighted by Crippen LogP contribution is 2.38. The molecule has 0 aliphatic heterocycles. The van der Waals surface area contributed by atoms with E-state index in [0.717, 1.165) is 25.7 Å². The van der Waals surface area contributed by atoms with E-state index in [4.69, 9.17) is 0 Å². The van der Waals surface area contributed by atoms with Gasteiger partial charge < -0.3 is 4.79 Å². The Morgan fingerprint density at radius 1 is 1.18 bits per heavy atom. The number of hydrogen-bond donors (Lipinski definition) is 0. The highest BCUT2D eigenvalue weighted by molar-refractivity contribution is 5.54. The minimum Gasteiger partial charge on any atom is -0.303 e. The number of rotatable bonds is 8. The largest absolute Gasteiger partial charge is 0.303 e. The van der Waals surface area contributed by atoms with Crippen LogP contribution < -0.4 is 0 Å². The average Bonchev–Trinajstić information content (AvgIpc) is 3.08. The molecule has 1 heteroatoms. The fraction of sp³-hybridized carbons (Fsp3) is 0.688. The SMILES string of the molecule is CC(C)=CCC/C(C)=C/CCC(C=O)C1CC1. The summed E-state index contributed by atoms with van der Waals surface area (Å²) in [6.45, 7) is 6.48. The molecule has 0 aromatic rings. The van der Waals surface area contributed by atoms with Crippen molar-refractivity contribution in [1.82, 2.24) is 0 Å². The zero-order valence-electron chi connectivity index (χ0n) is 11.5. The molecule has 0 aromatic heterocycles. The smallest absolute Gasteiger partial charge is 0.123 e. The van der Waals surface area contributed by atoms with Crippen LogP contribution in [0.4, 0.5) is 0 Å². The van der Waals surface area contributed by atoms with Crippen LogP contribution in [0.3, 0.4) is 0 Å². The molecule has 17 heavy (non-hydrogen) atoms. The quantitative estimate of drug-likeness (QED) is 0.440.